The van der Waals surface area contributed by atoms with E-state index in [1.54, 1.807) is 4.31 Å². The molecule has 1 atom stereocenters. The second kappa shape index (κ2) is 7.25. The van der Waals surface area contributed by atoms with Gasteiger partial charge in [-0.2, -0.15) is 9.40 Å². The SMILES string of the molecule is CCc1n[nH]c(CN2CCC[C@H](S(=O)(=O)N3CCOCC3)C2)n1. The molecule has 0 bridgehead atoms. The van der Waals surface area contributed by atoms with Crippen LogP contribution in [0.2, 0.25) is 0 Å². The Morgan fingerprint density at radius 2 is 2.09 bits per heavy atom. The molecule has 8 nitrogen and oxygen atoms in total. The van der Waals surface area contributed by atoms with Crippen molar-refractivity contribution < 1.29 is 13.2 Å². The van der Waals surface area contributed by atoms with Crippen LogP contribution in [-0.4, -0.2) is 77.4 Å². The minimum absolute atomic E-state index is 0.331. The Kier molecular flexibility index (Phi) is 5.30. The number of rotatable bonds is 5. The molecule has 0 radical (unpaired) electrons. The number of hydrogen-bond acceptors (Lipinski definition) is 6. The first-order valence-electron chi connectivity index (χ1n) is 8.29. The van der Waals surface area contributed by atoms with Crippen molar-refractivity contribution in [2.45, 2.75) is 38.0 Å². The third kappa shape index (κ3) is 3.90. The Morgan fingerprint density at radius 1 is 1.30 bits per heavy atom. The summed E-state index contributed by atoms with van der Waals surface area (Å²) in [4.78, 5) is 6.57. The van der Waals surface area contributed by atoms with E-state index >= 15 is 0 Å². The smallest absolute Gasteiger partial charge is 0.218 e. The van der Waals surface area contributed by atoms with Crippen LogP contribution in [0.25, 0.3) is 0 Å². The van der Waals surface area contributed by atoms with Crippen LogP contribution in [0.1, 0.15) is 31.4 Å². The number of hydrogen-bond donors (Lipinski definition) is 1. The van der Waals surface area contributed by atoms with Gasteiger partial charge in [0.25, 0.3) is 0 Å². The third-order valence-electron chi connectivity index (χ3n) is 4.48. The third-order valence-corrected chi connectivity index (χ3v) is 6.79. The number of aromatic amines is 1. The molecule has 2 aliphatic rings. The molecule has 1 aromatic rings. The first-order chi connectivity index (χ1) is 11.1. The van der Waals surface area contributed by atoms with Gasteiger partial charge in [-0.1, -0.05) is 6.92 Å². The van der Waals surface area contributed by atoms with Crippen LogP contribution in [0.5, 0.6) is 0 Å². The zero-order chi connectivity index (χ0) is 16.3. The number of morpholine rings is 1. The van der Waals surface area contributed by atoms with Crippen molar-refractivity contribution in [3.05, 3.63) is 11.6 Å². The van der Waals surface area contributed by atoms with Gasteiger partial charge in [-0.25, -0.2) is 13.4 Å². The van der Waals surface area contributed by atoms with Crippen LogP contribution in [0, 0.1) is 0 Å². The number of nitrogens with one attached hydrogen (secondary N) is 1. The summed E-state index contributed by atoms with van der Waals surface area (Å²) in [5, 5.41) is 6.75. The van der Waals surface area contributed by atoms with Crippen molar-refractivity contribution in [2.24, 2.45) is 0 Å². The molecule has 23 heavy (non-hydrogen) atoms. The van der Waals surface area contributed by atoms with Crippen molar-refractivity contribution in [2.75, 3.05) is 39.4 Å². The Labute approximate surface area is 137 Å². The predicted octanol–water partition coefficient (Wildman–Crippen LogP) is -0.00650. The molecule has 0 unspecified atom stereocenters. The second-order valence-electron chi connectivity index (χ2n) is 6.11. The molecule has 3 heterocycles. The quantitative estimate of drug-likeness (QED) is 0.809. The highest BCUT2D eigenvalue weighted by Gasteiger charge is 2.36. The lowest BCUT2D eigenvalue weighted by Crippen LogP contribution is -2.50. The van der Waals surface area contributed by atoms with Crippen molar-refractivity contribution >= 4 is 10.0 Å². The summed E-state index contributed by atoms with van der Waals surface area (Å²) in [6.07, 6.45) is 2.42. The van der Waals surface area contributed by atoms with E-state index in [9.17, 15) is 8.42 Å². The molecule has 0 spiro atoms. The topological polar surface area (TPSA) is 91.4 Å². The van der Waals surface area contributed by atoms with Gasteiger partial charge in [-0.15, -0.1) is 0 Å². The fourth-order valence-corrected chi connectivity index (χ4v) is 5.13. The van der Waals surface area contributed by atoms with Gasteiger partial charge in [0, 0.05) is 26.1 Å². The van der Waals surface area contributed by atoms with Gasteiger partial charge in [0.1, 0.15) is 11.6 Å². The van der Waals surface area contributed by atoms with Crippen molar-refractivity contribution in [3.8, 4) is 0 Å². The molecule has 1 aromatic heterocycles. The van der Waals surface area contributed by atoms with Gasteiger partial charge in [0.2, 0.25) is 10.0 Å². The van der Waals surface area contributed by atoms with Crippen LogP contribution in [0.4, 0.5) is 0 Å². The maximum atomic E-state index is 12.8. The molecule has 9 heteroatoms. The zero-order valence-corrected chi connectivity index (χ0v) is 14.4. The van der Waals surface area contributed by atoms with E-state index in [-0.39, 0.29) is 5.25 Å². The Hall–Kier alpha value is -1.03. The van der Waals surface area contributed by atoms with Gasteiger partial charge >= 0.3 is 0 Å². The highest BCUT2D eigenvalue weighted by atomic mass is 32.2. The van der Waals surface area contributed by atoms with Crippen LogP contribution >= 0.6 is 0 Å². The predicted molar refractivity (Wildman–Crippen MR) is 85.4 cm³/mol. The lowest BCUT2D eigenvalue weighted by atomic mass is 10.1. The summed E-state index contributed by atoms with van der Waals surface area (Å²) in [7, 11) is -3.24. The lowest BCUT2D eigenvalue weighted by molar-refractivity contribution is 0.0719. The van der Waals surface area contributed by atoms with Crippen LogP contribution in [-0.2, 0) is 27.7 Å². The van der Waals surface area contributed by atoms with Crippen LogP contribution < -0.4 is 0 Å². The lowest BCUT2D eigenvalue weighted by Gasteiger charge is -2.36. The molecule has 130 valence electrons. The number of aryl methyl sites for hydroxylation is 1. The molecular formula is C14H25N5O3S. The van der Waals surface area contributed by atoms with Gasteiger partial charge in [0.05, 0.1) is 25.0 Å². The average molecular weight is 343 g/mol. The summed E-state index contributed by atoms with van der Waals surface area (Å²) in [5.41, 5.74) is 0. The zero-order valence-electron chi connectivity index (χ0n) is 13.6. The molecule has 0 aliphatic carbocycles. The Bertz CT molecular complexity index is 612. The number of likely N-dealkylation sites (tertiary alicyclic amines) is 1. The van der Waals surface area contributed by atoms with Crippen molar-refractivity contribution in [1.29, 1.82) is 0 Å². The van der Waals surface area contributed by atoms with E-state index in [0.29, 0.717) is 39.4 Å². The monoisotopic (exact) mass is 343 g/mol. The summed E-state index contributed by atoms with van der Waals surface area (Å²) >= 11 is 0. The molecular weight excluding hydrogens is 318 g/mol. The summed E-state index contributed by atoms with van der Waals surface area (Å²) in [5.74, 6) is 1.61. The summed E-state index contributed by atoms with van der Waals surface area (Å²) < 4.78 is 32.4. The maximum Gasteiger partial charge on any atom is 0.218 e. The van der Waals surface area contributed by atoms with E-state index in [0.717, 1.165) is 37.5 Å². The van der Waals surface area contributed by atoms with Gasteiger partial charge < -0.3 is 4.74 Å². The first kappa shape index (κ1) is 16.8. The van der Waals surface area contributed by atoms with Gasteiger partial charge in [0.15, 0.2) is 0 Å². The normalized spacial score (nSPS) is 24.8. The number of ether oxygens (including phenoxy) is 1. The largest absolute Gasteiger partial charge is 0.379 e. The highest BCUT2D eigenvalue weighted by molar-refractivity contribution is 7.89. The Morgan fingerprint density at radius 3 is 2.78 bits per heavy atom. The van der Waals surface area contributed by atoms with E-state index in [1.807, 2.05) is 6.92 Å². The minimum Gasteiger partial charge on any atom is -0.379 e. The van der Waals surface area contributed by atoms with Crippen LogP contribution in [0.15, 0.2) is 0 Å². The van der Waals surface area contributed by atoms with E-state index < -0.39 is 10.0 Å². The molecule has 2 aliphatic heterocycles. The average Bonchev–Trinajstić information content (AvgIpc) is 3.03. The standard InChI is InChI=1S/C14H25N5O3S/c1-2-13-15-14(17-16-13)11-18-5-3-4-12(10-18)23(20,21)19-6-8-22-9-7-19/h12H,2-11H2,1H3,(H,15,16,17)/t12-/m0/s1. The minimum atomic E-state index is -3.24. The van der Waals surface area contributed by atoms with Crippen molar-refractivity contribution in [3.63, 3.8) is 0 Å². The number of nitrogens with zero attached hydrogens (tertiary/aromatic N) is 4. The molecule has 1 N–H and O–H groups in total. The Balaban J connectivity index is 1.63. The molecule has 0 aromatic carbocycles. The maximum absolute atomic E-state index is 12.8. The van der Waals surface area contributed by atoms with E-state index in [4.69, 9.17) is 4.74 Å². The molecule has 2 fully saturated rings. The number of sulfonamides is 1. The van der Waals surface area contributed by atoms with Crippen LogP contribution in [0.3, 0.4) is 0 Å². The van der Waals surface area contributed by atoms with Crippen molar-refractivity contribution in [1.82, 2.24) is 24.4 Å². The molecule has 3 rings (SSSR count). The molecule has 2 saturated heterocycles. The van der Waals surface area contributed by atoms with E-state index in [1.165, 1.54) is 0 Å². The highest BCUT2D eigenvalue weighted by Crippen LogP contribution is 2.22. The van der Waals surface area contributed by atoms with Gasteiger partial charge in [-0.05, 0) is 19.4 Å². The first-order valence-corrected chi connectivity index (χ1v) is 9.79. The van der Waals surface area contributed by atoms with E-state index in [2.05, 4.69) is 20.1 Å². The fourth-order valence-electron chi connectivity index (χ4n) is 3.19. The number of H-pyrrole nitrogens is 1. The number of piperidine rings is 1. The summed E-state index contributed by atoms with van der Waals surface area (Å²) in [6.45, 7) is 6.03. The molecule has 0 saturated carbocycles. The number of aromatic nitrogens is 3. The second-order valence-corrected chi connectivity index (χ2v) is 8.32. The summed E-state index contributed by atoms with van der Waals surface area (Å²) in [6, 6.07) is 0. The van der Waals surface area contributed by atoms with Gasteiger partial charge in [-0.3, -0.25) is 10.00 Å². The fraction of sp³-hybridized carbons (Fsp3) is 0.857. The molecule has 0 amide bonds.